The highest BCUT2D eigenvalue weighted by Gasteiger charge is 2.42. The van der Waals surface area contributed by atoms with Crippen LogP contribution in [-0.2, 0) is 6.42 Å². The zero-order valence-electron chi connectivity index (χ0n) is 22.2. The molecule has 1 atom stereocenters. The molecule has 0 radical (unpaired) electrons. The maximum atomic E-state index is 13.8. The van der Waals surface area contributed by atoms with Gasteiger partial charge in [-0.2, -0.15) is 0 Å². The van der Waals surface area contributed by atoms with Gasteiger partial charge in [-0.25, -0.2) is 0 Å². The van der Waals surface area contributed by atoms with Crippen molar-refractivity contribution in [1.29, 1.82) is 0 Å². The number of nitrogens with zero attached hydrogens (tertiary/aromatic N) is 1. The topological polar surface area (TPSA) is 69.0 Å². The third-order valence-corrected chi connectivity index (χ3v) is 7.11. The van der Waals surface area contributed by atoms with Crippen LogP contribution in [0.1, 0.15) is 65.0 Å². The highest BCUT2D eigenvalue weighted by molar-refractivity contribution is 5.99. The molecule has 38 heavy (non-hydrogen) atoms. The van der Waals surface area contributed by atoms with Crippen molar-refractivity contribution in [1.82, 2.24) is 4.90 Å². The number of carbonyl (C=O) groups is 1. The summed E-state index contributed by atoms with van der Waals surface area (Å²) in [6, 6.07) is 20.5. The minimum absolute atomic E-state index is 0.125. The van der Waals surface area contributed by atoms with Crippen LogP contribution >= 0.6 is 0 Å². The van der Waals surface area contributed by atoms with Crippen molar-refractivity contribution in [3.8, 4) is 11.5 Å². The second-order valence-corrected chi connectivity index (χ2v) is 9.80. The minimum Gasteiger partial charge on any atom is -0.497 e. The summed E-state index contributed by atoms with van der Waals surface area (Å²) >= 11 is 0. The van der Waals surface area contributed by atoms with Crippen LogP contribution < -0.4 is 14.9 Å². The predicted molar refractivity (Wildman–Crippen MR) is 148 cm³/mol. The van der Waals surface area contributed by atoms with E-state index in [1.165, 1.54) is 0 Å². The lowest BCUT2D eigenvalue weighted by molar-refractivity contribution is 0.0729. The second-order valence-electron chi connectivity index (χ2n) is 9.80. The summed E-state index contributed by atoms with van der Waals surface area (Å²) in [5, 5.41) is 0.491. The zero-order valence-corrected chi connectivity index (χ0v) is 22.2. The molecule has 6 heteroatoms. The standard InChI is InChI=1S/C32H33NO5/c1-4-5-6-18-37-25-9-7-8-23(20-25)29-28-30(34)26-19-21(2)10-15-27(26)38-31(28)32(35)33(29)17-16-22-11-13-24(36-3)14-12-22/h7-15,19-20,29H,4-6,16-18H2,1-3H3. The van der Waals surface area contributed by atoms with Gasteiger partial charge in [0.25, 0.3) is 5.91 Å². The molecule has 5 rings (SSSR count). The Kier molecular flexibility index (Phi) is 7.50. The first-order chi connectivity index (χ1) is 18.5. The van der Waals surface area contributed by atoms with Crippen LogP contribution in [0.25, 0.3) is 11.0 Å². The quantitative estimate of drug-likeness (QED) is 0.228. The third kappa shape index (κ3) is 5.03. The van der Waals surface area contributed by atoms with Crippen LogP contribution in [0.5, 0.6) is 11.5 Å². The van der Waals surface area contributed by atoms with Crippen LogP contribution in [-0.4, -0.2) is 31.1 Å². The molecule has 1 aromatic heterocycles. The van der Waals surface area contributed by atoms with E-state index in [4.69, 9.17) is 13.9 Å². The Labute approximate surface area is 222 Å². The predicted octanol–water partition coefficient (Wildman–Crippen LogP) is 6.47. The number of aryl methyl sites for hydroxylation is 1. The fourth-order valence-corrected chi connectivity index (χ4v) is 5.07. The number of ether oxygens (including phenoxy) is 2. The molecule has 0 saturated carbocycles. The molecule has 0 saturated heterocycles. The van der Waals surface area contributed by atoms with Gasteiger partial charge >= 0.3 is 0 Å². The molecule has 6 nitrogen and oxygen atoms in total. The minimum atomic E-state index is -0.559. The molecule has 0 aliphatic carbocycles. The van der Waals surface area contributed by atoms with E-state index in [9.17, 15) is 9.59 Å². The normalized spacial score (nSPS) is 14.7. The van der Waals surface area contributed by atoms with Crippen molar-refractivity contribution in [3.05, 3.63) is 105 Å². The highest BCUT2D eigenvalue weighted by atomic mass is 16.5. The largest absolute Gasteiger partial charge is 0.497 e. The van der Waals surface area contributed by atoms with Crippen LogP contribution in [0.3, 0.4) is 0 Å². The molecule has 0 bridgehead atoms. The maximum Gasteiger partial charge on any atom is 0.290 e. The lowest BCUT2D eigenvalue weighted by Crippen LogP contribution is -2.31. The molecule has 1 amide bonds. The molecule has 1 aliphatic rings. The first-order valence-corrected chi connectivity index (χ1v) is 13.2. The van der Waals surface area contributed by atoms with Crippen molar-refractivity contribution < 1.29 is 18.7 Å². The summed E-state index contributed by atoms with van der Waals surface area (Å²) in [7, 11) is 1.64. The van der Waals surface area contributed by atoms with Crippen molar-refractivity contribution in [3.63, 3.8) is 0 Å². The number of hydrogen-bond donors (Lipinski definition) is 0. The molecule has 2 heterocycles. The number of carbonyl (C=O) groups excluding carboxylic acids is 1. The Hall–Kier alpha value is -4.06. The van der Waals surface area contributed by atoms with E-state index in [0.717, 1.165) is 47.5 Å². The molecular formula is C32H33NO5. The van der Waals surface area contributed by atoms with E-state index in [0.29, 0.717) is 36.1 Å². The molecular weight excluding hydrogens is 478 g/mol. The van der Waals surface area contributed by atoms with Gasteiger partial charge in [-0.05, 0) is 67.3 Å². The fraction of sp³-hybridized carbons (Fsp3) is 0.312. The smallest absolute Gasteiger partial charge is 0.290 e. The van der Waals surface area contributed by atoms with Gasteiger partial charge in [0.2, 0.25) is 5.76 Å². The summed E-state index contributed by atoms with van der Waals surface area (Å²) < 4.78 is 17.4. The Balaban J connectivity index is 1.54. The van der Waals surface area contributed by atoms with Crippen LogP contribution in [0.2, 0.25) is 0 Å². The number of hydrogen-bond acceptors (Lipinski definition) is 5. The number of unbranched alkanes of at least 4 members (excludes halogenated alkanes) is 2. The summed E-state index contributed by atoms with van der Waals surface area (Å²) in [4.78, 5) is 29.3. The van der Waals surface area contributed by atoms with Gasteiger partial charge in [0.1, 0.15) is 17.1 Å². The summed E-state index contributed by atoms with van der Waals surface area (Å²) in [6.45, 7) is 5.16. The SMILES string of the molecule is CCCCCOc1cccc(C2c3c(oc4ccc(C)cc4c3=O)C(=O)N2CCc2ccc(OC)cc2)c1. The Morgan fingerprint density at radius 2 is 1.76 bits per heavy atom. The van der Waals surface area contributed by atoms with Crippen molar-refractivity contribution in [2.45, 2.75) is 45.6 Å². The molecule has 3 aromatic carbocycles. The van der Waals surface area contributed by atoms with Crippen LogP contribution in [0, 0.1) is 6.92 Å². The molecule has 1 aliphatic heterocycles. The molecule has 0 fully saturated rings. The third-order valence-electron chi connectivity index (χ3n) is 7.11. The Bertz CT molecular complexity index is 1510. The molecule has 4 aromatic rings. The first kappa shape index (κ1) is 25.6. The molecule has 196 valence electrons. The lowest BCUT2D eigenvalue weighted by Gasteiger charge is -2.25. The summed E-state index contributed by atoms with van der Waals surface area (Å²) in [5.41, 5.74) is 3.52. The van der Waals surface area contributed by atoms with Crippen LogP contribution in [0.15, 0.2) is 75.9 Å². The van der Waals surface area contributed by atoms with Crippen molar-refractivity contribution in [2.24, 2.45) is 0 Å². The van der Waals surface area contributed by atoms with Gasteiger partial charge in [-0.1, -0.05) is 55.7 Å². The van der Waals surface area contributed by atoms with Gasteiger partial charge in [0.05, 0.1) is 30.7 Å². The number of rotatable bonds is 10. The summed E-state index contributed by atoms with van der Waals surface area (Å²) in [5.74, 6) is 1.37. The Morgan fingerprint density at radius 1 is 0.947 bits per heavy atom. The number of fused-ring (bicyclic) bond motifs is 2. The monoisotopic (exact) mass is 511 g/mol. The first-order valence-electron chi connectivity index (χ1n) is 13.2. The summed E-state index contributed by atoms with van der Waals surface area (Å²) in [6.07, 6.45) is 3.84. The Morgan fingerprint density at radius 3 is 2.53 bits per heavy atom. The van der Waals surface area contributed by atoms with E-state index < -0.39 is 6.04 Å². The van der Waals surface area contributed by atoms with Crippen molar-refractivity contribution >= 4 is 16.9 Å². The number of benzene rings is 3. The van der Waals surface area contributed by atoms with E-state index in [1.54, 1.807) is 18.1 Å². The average molecular weight is 512 g/mol. The van der Waals surface area contributed by atoms with Crippen LogP contribution in [0.4, 0.5) is 0 Å². The van der Waals surface area contributed by atoms with E-state index >= 15 is 0 Å². The van der Waals surface area contributed by atoms with Crippen molar-refractivity contribution in [2.75, 3.05) is 20.3 Å². The number of amides is 1. The van der Waals surface area contributed by atoms with Gasteiger partial charge in [0, 0.05) is 6.54 Å². The molecule has 1 unspecified atom stereocenters. The fourth-order valence-electron chi connectivity index (χ4n) is 5.07. The highest BCUT2D eigenvalue weighted by Crippen LogP contribution is 2.39. The van der Waals surface area contributed by atoms with Gasteiger partial charge in [-0.3, -0.25) is 9.59 Å². The lowest BCUT2D eigenvalue weighted by atomic mass is 9.97. The van der Waals surface area contributed by atoms with Gasteiger partial charge in [-0.15, -0.1) is 0 Å². The van der Waals surface area contributed by atoms with Gasteiger partial charge in [0.15, 0.2) is 5.43 Å². The van der Waals surface area contributed by atoms with E-state index in [1.807, 2.05) is 67.6 Å². The molecule has 0 N–H and O–H groups in total. The second kappa shape index (κ2) is 11.1. The molecule has 0 spiro atoms. The number of methoxy groups -OCH3 is 1. The zero-order chi connectivity index (χ0) is 26.6. The maximum absolute atomic E-state index is 13.8. The van der Waals surface area contributed by atoms with Gasteiger partial charge < -0.3 is 18.8 Å². The van der Waals surface area contributed by atoms with E-state index in [-0.39, 0.29) is 17.1 Å². The average Bonchev–Trinajstić information content (AvgIpc) is 3.22. The van der Waals surface area contributed by atoms with E-state index in [2.05, 4.69) is 6.92 Å².